The van der Waals surface area contributed by atoms with Gasteiger partial charge in [-0.15, -0.1) is 0 Å². The lowest BCUT2D eigenvalue weighted by Gasteiger charge is -2.17. The van der Waals surface area contributed by atoms with Crippen molar-refractivity contribution < 1.29 is 14.5 Å². The van der Waals surface area contributed by atoms with E-state index in [1.54, 1.807) is 29.3 Å². The summed E-state index contributed by atoms with van der Waals surface area (Å²) in [5, 5.41) is 11.1. The van der Waals surface area contributed by atoms with Crippen molar-refractivity contribution in [1.82, 2.24) is 9.88 Å². The SMILES string of the molecule is Cc1ccc(OC2CCN(C(=O)Cc3ccccc3[N+](=O)[O-])C2)nc1. The van der Waals surface area contributed by atoms with Crippen LogP contribution in [0.2, 0.25) is 0 Å². The van der Waals surface area contributed by atoms with Crippen molar-refractivity contribution in [1.29, 1.82) is 0 Å². The Morgan fingerprint density at radius 3 is 2.88 bits per heavy atom. The van der Waals surface area contributed by atoms with Crippen molar-refractivity contribution in [2.75, 3.05) is 13.1 Å². The topological polar surface area (TPSA) is 85.6 Å². The molecule has 2 heterocycles. The van der Waals surface area contributed by atoms with E-state index in [4.69, 9.17) is 4.74 Å². The predicted octanol–water partition coefficient (Wildman–Crippen LogP) is 2.52. The number of carbonyl (C=O) groups is 1. The molecule has 7 heteroatoms. The highest BCUT2D eigenvalue weighted by atomic mass is 16.6. The molecule has 0 radical (unpaired) electrons. The zero-order valence-electron chi connectivity index (χ0n) is 13.9. The highest BCUT2D eigenvalue weighted by Gasteiger charge is 2.29. The number of aromatic nitrogens is 1. The van der Waals surface area contributed by atoms with Crippen LogP contribution in [0, 0.1) is 17.0 Å². The number of rotatable bonds is 5. The molecule has 1 saturated heterocycles. The summed E-state index contributed by atoms with van der Waals surface area (Å²) in [7, 11) is 0. The van der Waals surface area contributed by atoms with E-state index in [9.17, 15) is 14.9 Å². The molecule has 0 aliphatic carbocycles. The second-order valence-corrected chi connectivity index (χ2v) is 6.10. The number of hydrogen-bond donors (Lipinski definition) is 0. The third-order valence-corrected chi connectivity index (χ3v) is 4.20. The van der Waals surface area contributed by atoms with Gasteiger partial charge >= 0.3 is 0 Å². The quantitative estimate of drug-likeness (QED) is 0.616. The first kappa shape index (κ1) is 16.9. The summed E-state index contributed by atoms with van der Waals surface area (Å²) in [6.45, 7) is 3.00. The maximum absolute atomic E-state index is 12.5. The molecule has 25 heavy (non-hydrogen) atoms. The van der Waals surface area contributed by atoms with Crippen molar-refractivity contribution >= 4 is 11.6 Å². The maximum Gasteiger partial charge on any atom is 0.273 e. The minimum atomic E-state index is -0.457. The molecule has 3 rings (SSSR count). The number of nitrogens with zero attached hydrogens (tertiary/aromatic N) is 3. The van der Waals surface area contributed by atoms with E-state index < -0.39 is 4.92 Å². The first-order valence-corrected chi connectivity index (χ1v) is 8.12. The van der Waals surface area contributed by atoms with Crippen LogP contribution >= 0.6 is 0 Å². The molecule has 1 fully saturated rings. The average Bonchev–Trinajstić information content (AvgIpc) is 3.06. The smallest absolute Gasteiger partial charge is 0.273 e. The molecule has 1 aliphatic heterocycles. The molecular weight excluding hydrogens is 322 g/mol. The molecule has 1 aromatic carbocycles. The van der Waals surface area contributed by atoms with Crippen LogP contribution in [0.1, 0.15) is 17.5 Å². The molecule has 0 N–H and O–H groups in total. The number of nitro benzene ring substituents is 1. The van der Waals surface area contributed by atoms with Gasteiger partial charge < -0.3 is 9.64 Å². The summed E-state index contributed by atoms with van der Waals surface area (Å²) >= 11 is 0. The number of likely N-dealkylation sites (tertiary alicyclic amines) is 1. The van der Waals surface area contributed by atoms with Gasteiger partial charge in [0.25, 0.3) is 5.69 Å². The molecule has 0 spiro atoms. The lowest BCUT2D eigenvalue weighted by Crippen LogP contribution is -2.32. The number of aryl methyl sites for hydroxylation is 1. The Kier molecular flexibility index (Phi) is 4.92. The van der Waals surface area contributed by atoms with E-state index in [0.717, 1.165) is 12.0 Å². The number of ether oxygens (including phenoxy) is 1. The fourth-order valence-electron chi connectivity index (χ4n) is 2.86. The summed E-state index contributed by atoms with van der Waals surface area (Å²) in [6, 6.07) is 10.1. The number of hydrogen-bond acceptors (Lipinski definition) is 5. The Morgan fingerprint density at radius 2 is 2.16 bits per heavy atom. The summed E-state index contributed by atoms with van der Waals surface area (Å²) < 4.78 is 5.81. The van der Waals surface area contributed by atoms with E-state index in [-0.39, 0.29) is 24.1 Å². The number of carbonyl (C=O) groups excluding carboxylic acids is 1. The van der Waals surface area contributed by atoms with Gasteiger partial charge in [-0.25, -0.2) is 4.98 Å². The Balaban J connectivity index is 1.59. The molecule has 0 saturated carbocycles. The van der Waals surface area contributed by atoms with Gasteiger partial charge in [-0.3, -0.25) is 14.9 Å². The zero-order valence-corrected chi connectivity index (χ0v) is 13.9. The second kappa shape index (κ2) is 7.29. The molecule has 1 unspecified atom stereocenters. The average molecular weight is 341 g/mol. The van der Waals surface area contributed by atoms with Crippen molar-refractivity contribution in [2.24, 2.45) is 0 Å². The summed E-state index contributed by atoms with van der Waals surface area (Å²) in [4.78, 5) is 29.0. The molecule has 130 valence electrons. The Bertz CT molecular complexity index is 776. The largest absolute Gasteiger partial charge is 0.472 e. The minimum absolute atomic E-state index is 0.0205. The minimum Gasteiger partial charge on any atom is -0.472 e. The van der Waals surface area contributed by atoms with Crippen LogP contribution in [0.15, 0.2) is 42.6 Å². The van der Waals surface area contributed by atoms with Gasteiger partial charge in [-0.1, -0.05) is 24.3 Å². The second-order valence-electron chi connectivity index (χ2n) is 6.10. The normalized spacial score (nSPS) is 16.7. The number of benzene rings is 1. The van der Waals surface area contributed by atoms with Crippen LogP contribution in [0.5, 0.6) is 5.88 Å². The van der Waals surface area contributed by atoms with E-state index in [1.165, 1.54) is 6.07 Å². The van der Waals surface area contributed by atoms with Crippen LogP contribution < -0.4 is 4.74 Å². The van der Waals surface area contributed by atoms with Crippen molar-refractivity contribution in [3.8, 4) is 5.88 Å². The van der Waals surface area contributed by atoms with Gasteiger partial charge in [0.05, 0.1) is 17.9 Å². The van der Waals surface area contributed by atoms with E-state index in [2.05, 4.69) is 4.98 Å². The van der Waals surface area contributed by atoms with Gasteiger partial charge in [0.2, 0.25) is 11.8 Å². The van der Waals surface area contributed by atoms with Crippen LogP contribution in [-0.4, -0.2) is 39.9 Å². The van der Waals surface area contributed by atoms with Crippen LogP contribution in [0.25, 0.3) is 0 Å². The Morgan fingerprint density at radius 1 is 1.36 bits per heavy atom. The molecule has 7 nitrogen and oxygen atoms in total. The summed E-state index contributed by atoms with van der Waals surface area (Å²) in [5.74, 6) is 0.417. The fourth-order valence-corrected chi connectivity index (χ4v) is 2.86. The Labute approximate surface area is 145 Å². The number of pyridine rings is 1. The maximum atomic E-state index is 12.5. The van der Waals surface area contributed by atoms with Gasteiger partial charge in [0.1, 0.15) is 6.10 Å². The lowest BCUT2D eigenvalue weighted by atomic mass is 10.1. The molecule has 1 atom stereocenters. The molecule has 2 aromatic rings. The standard InChI is InChI=1S/C18H19N3O4/c1-13-6-7-17(19-11-13)25-15-8-9-20(12-15)18(22)10-14-4-2-3-5-16(14)21(23)24/h2-7,11,15H,8-10,12H2,1H3. The van der Waals surface area contributed by atoms with Crippen LogP contribution in [0.4, 0.5) is 5.69 Å². The summed E-state index contributed by atoms with van der Waals surface area (Å²) in [5.41, 5.74) is 1.47. The van der Waals surface area contributed by atoms with Gasteiger partial charge in [0.15, 0.2) is 0 Å². The fraction of sp³-hybridized carbons (Fsp3) is 0.333. The van der Waals surface area contributed by atoms with E-state index >= 15 is 0 Å². The van der Waals surface area contributed by atoms with Gasteiger partial charge in [0, 0.05) is 36.9 Å². The van der Waals surface area contributed by atoms with Gasteiger partial charge in [-0.2, -0.15) is 0 Å². The molecule has 1 aliphatic rings. The van der Waals surface area contributed by atoms with Crippen molar-refractivity contribution in [3.05, 3.63) is 63.8 Å². The highest BCUT2D eigenvalue weighted by molar-refractivity contribution is 5.80. The lowest BCUT2D eigenvalue weighted by molar-refractivity contribution is -0.385. The van der Waals surface area contributed by atoms with Crippen molar-refractivity contribution in [2.45, 2.75) is 25.9 Å². The van der Waals surface area contributed by atoms with Crippen LogP contribution in [-0.2, 0) is 11.2 Å². The Hall–Kier alpha value is -2.96. The predicted molar refractivity (Wildman–Crippen MR) is 91.4 cm³/mol. The van der Waals surface area contributed by atoms with Crippen LogP contribution in [0.3, 0.4) is 0 Å². The third-order valence-electron chi connectivity index (χ3n) is 4.20. The number of nitro groups is 1. The molecule has 1 aromatic heterocycles. The number of para-hydroxylation sites is 1. The monoisotopic (exact) mass is 341 g/mol. The number of amides is 1. The van der Waals surface area contributed by atoms with E-state index in [0.29, 0.717) is 24.5 Å². The van der Waals surface area contributed by atoms with Gasteiger partial charge in [-0.05, 0) is 12.5 Å². The van der Waals surface area contributed by atoms with Crippen molar-refractivity contribution in [3.63, 3.8) is 0 Å². The first-order chi connectivity index (χ1) is 12.0. The molecule has 1 amide bonds. The van der Waals surface area contributed by atoms with E-state index in [1.807, 2.05) is 19.1 Å². The third kappa shape index (κ3) is 4.12. The first-order valence-electron chi connectivity index (χ1n) is 8.12. The summed E-state index contributed by atoms with van der Waals surface area (Å²) in [6.07, 6.45) is 2.37. The zero-order chi connectivity index (χ0) is 17.8. The molecular formula is C18H19N3O4. The highest BCUT2D eigenvalue weighted by Crippen LogP contribution is 2.21. The molecule has 0 bridgehead atoms.